The van der Waals surface area contributed by atoms with E-state index in [1.165, 1.54) is 37.4 Å². The van der Waals surface area contributed by atoms with E-state index in [9.17, 15) is 0 Å². The molecule has 0 aromatic heterocycles. The van der Waals surface area contributed by atoms with Crippen LogP contribution in [-0.4, -0.2) is 20.8 Å². The zero-order valence-corrected chi connectivity index (χ0v) is 11.6. The summed E-state index contributed by atoms with van der Waals surface area (Å²) in [6.07, 6.45) is 6.63. The maximum atomic E-state index is 5.74. The molecule has 1 aliphatic rings. The Morgan fingerprint density at radius 1 is 1.13 bits per heavy atom. The molecule has 15 heavy (non-hydrogen) atoms. The van der Waals surface area contributed by atoms with Crippen LogP contribution in [0, 0.1) is 0 Å². The van der Waals surface area contributed by atoms with Gasteiger partial charge in [-0.3, -0.25) is 0 Å². The molecule has 1 aliphatic heterocycles. The highest BCUT2D eigenvalue weighted by molar-refractivity contribution is 6.84. The Morgan fingerprint density at radius 2 is 1.80 bits per heavy atom. The smallest absolute Gasteiger partial charge is 0.0767 e. The van der Waals surface area contributed by atoms with Gasteiger partial charge in [-0.2, -0.15) is 0 Å². The predicted molar refractivity (Wildman–Crippen MR) is 69.9 cm³/mol. The zero-order chi connectivity index (χ0) is 11.1. The van der Waals surface area contributed by atoms with Crippen molar-refractivity contribution >= 4 is 8.07 Å². The fraction of sp³-hybridized carbons (Fsp3) is 0.846. The van der Waals surface area contributed by atoms with Crippen LogP contribution in [0.5, 0.6) is 0 Å². The van der Waals surface area contributed by atoms with Gasteiger partial charge in [0.05, 0.1) is 14.2 Å². The van der Waals surface area contributed by atoms with Crippen molar-refractivity contribution in [2.24, 2.45) is 0 Å². The SMILES string of the molecule is CC[Si](/C=C/C1CCCCO1)(CC)CC. The lowest BCUT2D eigenvalue weighted by molar-refractivity contribution is 0.0467. The number of ether oxygens (including phenoxy) is 1. The molecule has 1 nitrogen and oxygen atoms in total. The van der Waals surface area contributed by atoms with Crippen LogP contribution in [0.25, 0.3) is 0 Å². The molecule has 0 N–H and O–H groups in total. The highest BCUT2D eigenvalue weighted by atomic mass is 28.3. The first-order valence-corrected chi connectivity index (χ1v) is 9.27. The van der Waals surface area contributed by atoms with Gasteiger partial charge in [-0.15, -0.1) is 0 Å². The van der Waals surface area contributed by atoms with Crippen molar-refractivity contribution in [1.29, 1.82) is 0 Å². The van der Waals surface area contributed by atoms with Crippen LogP contribution in [0.4, 0.5) is 0 Å². The lowest BCUT2D eigenvalue weighted by Crippen LogP contribution is -2.29. The maximum Gasteiger partial charge on any atom is 0.0767 e. The summed E-state index contributed by atoms with van der Waals surface area (Å²) in [5.41, 5.74) is 2.56. The third kappa shape index (κ3) is 3.76. The van der Waals surface area contributed by atoms with Crippen LogP contribution in [0.1, 0.15) is 40.0 Å². The van der Waals surface area contributed by atoms with Crippen LogP contribution < -0.4 is 0 Å². The van der Waals surface area contributed by atoms with E-state index < -0.39 is 8.07 Å². The lowest BCUT2D eigenvalue weighted by atomic mass is 10.1. The molecule has 88 valence electrons. The molecule has 0 aliphatic carbocycles. The minimum atomic E-state index is -1.06. The summed E-state index contributed by atoms with van der Waals surface area (Å²) in [7, 11) is -1.06. The second kappa shape index (κ2) is 6.49. The third-order valence-electron chi connectivity index (χ3n) is 3.99. The molecule has 0 bridgehead atoms. The van der Waals surface area contributed by atoms with Gasteiger partial charge in [0.15, 0.2) is 0 Å². The van der Waals surface area contributed by atoms with Crippen LogP contribution in [0.2, 0.25) is 18.1 Å². The molecule has 0 amide bonds. The largest absolute Gasteiger partial charge is 0.374 e. The standard InChI is InChI=1S/C13H26OSi/c1-4-15(5-2,6-3)12-10-13-9-7-8-11-14-13/h10,12-13H,4-9,11H2,1-3H3/b12-10+. The Balaban J connectivity index is 2.51. The molecular weight excluding hydrogens is 200 g/mol. The molecule has 0 saturated carbocycles. The molecule has 0 radical (unpaired) electrons. The van der Waals surface area contributed by atoms with Crippen LogP contribution in [0.15, 0.2) is 11.8 Å². The summed E-state index contributed by atoms with van der Waals surface area (Å²) in [5.74, 6) is 0. The van der Waals surface area contributed by atoms with Crippen molar-refractivity contribution in [2.75, 3.05) is 6.61 Å². The summed E-state index contributed by atoms with van der Waals surface area (Å²) in [5, 5.41) is 0. The predicted octanol–water partition coefficient (Wildman–Crippen LogP) is 4.16. The molecular formula is C13H26OSi. The van der Waals surface area contributed by atoms with E-state index in [1.54, 1.807) is 0 Å². The highest BCUT2D eigenvalue weighted by Gasteiger charge is 2.23. The number of hydrogen-bond acceptors (Lipinski definition) is 1. The van der Waals surface area contributed by atoms with Crippen LogP contribution >= 0.6 is 0 Å². The van der Waals surface area contributed by atoms with Gasteiger partial charge < -0.3 is 4.74 Å². The molecule has 1 saturated heterocycles. The van der Waals surface area contributed by atoms with Crippen molar-refractivity contribution < 1.29 is 4.74 Å². The second-order valence-electron chi connectivity index (χ2n) is 4.69. The highest BCUT2D eigenvalue weighted by Crippen LogP contribution is 2.23. The van der Waals surface area contributed by atoms with Crippen molar-refractivity contribution in [3.05, 3.63) is 11.8 Å². The Hall–Kier alpha value is -0.0831. The van der Waals surface area contributed by atoms with E-state index in [0.29, 0.717) is 6.10 Å². The Bertz CT molecular complexity index is 182. The zero-order valence-electron chi connectivity index (χ0n) is 10.6. The van der Waals surface area contributed by atoms with E-state index in [2.05, 4.69) is 32.5 Å². The molecule has 1 unspecified atom stereocenters. The van der Waals surface area contributed by atoms with Crippen molar-refractivity contribution in [3.63, 3.8) is 0 Å². The van der Waals surface area contributed by atoms with Gasteiger partial charge >= 0.3 is 0 Å². The van der Waals surface area contributed by atoms with Gasteiger partial charge in [0.25, 0.3) is 0 Å². The van der Waals surface area contributed by atoms with Crippen LogP contribution in [-0.2, 0) is 4.74 Å². The molecule has 1 fully saturated rings. The first-order valence-electron chi connectivity index (χ1n) is 6.57. The molecule has 0 aromatic rings. The summed E-state index contributed by atoms with van der Waals surface area (Å²) in [4.78, 5) is 0. The topological polar surface area (TPSA) is 9.23 Å². The molecule has 2 heteroatoms. The summed E-state index contributed by atoms with van der Waals surface area (Å²) in [6, 6.07) is 4.13. The van der Waals surface area contributed by atoms with Gasteiger partial charge in [-0.25, -0.2) is 0 Å². The first kappa shape index (κ1) is 13.0. The van der Waals surface area contributed by atoms with E-state index in [-0.39, 0.29) is 0 Å². The first-order chi connectivity index (χ1) is 7.26. The average molecular weight is 226 g/mol. The van der Waals surface area contributed by atoms with Gasteiger partial charge in [0.1, 0.15) is 0 Å². The van der Waals surface area contributed by atoms with E-state index in [1.807, 2.05) is 0 Å². The summed E-state index contributed by atoms with van der Waals surface area (Å²) in [6.45, 7) is 8.02. The fourth-order valence-electron chi connectivity index (χ4n) is 2.33. The average Bonchev–Trinajstić information content (AvgIpc) is 2.33. The Morgan fingerprint density at radius 3 is 2.27 bits per heavy atom. The van der Waals surface area contributed by atoms with Crippen molar-refractivity contribution in [3.8, 4) is 0 Å². The second-order valence-corrected chi connectivity index (χ2v) is 9.87. The third-order valence-corrected chi connectivity index (χ3v) is 9.12. The van der Waals surface area contributed by atoms with Crippen molar-refractivity contribution in [1.82, 2.24) is 0 Å². The Kier molecular flexibility index (Phi) is 5.62. The van der Waals surface area contributed by atoms with Gasteiger partial charge in [0, 0.05) is 6.61 Å². The summed E-state index contributed by atoms with van der Waals surface area (Å²) < 4.78 is 5.74. The molecule has 1 atom stereocenters. The van der Waals surface area contributed by atoms with Gasteiger partial charge in [0.2, 0.25) is 0 Å². The summed E-state index contributed by atoms with van der Waals surface area (Å²) >= 11 is 0. The molecule has 1 heterocycles. The fourth-order valence-corrected chi connectivity index (χ4v) is 5.16. The Labute approximate surface area is 95.9 Å². The lowest BCUT2D eigenvalue weighted by Gasteiger charge is -2.26. The maximum absolute atomic E-state index is 5.74. The van der Waals surface area contributed by atoms with Crippen LogP contribution in [0.3, 0.4) is 0 Å². The number of hydrogen-bond donors (Lipinski definition) is 0. The van der Waals surface area contributed by atoms with Crippen molar-refractivity contribution in [2.45, 2.75) is 64.3 Å². The molecule has 0 spiro atoms. The van der Waals surface area contributed by atoms with E-state index >= 15 is 0 Å². The quantitative estimate of drug-likeness (QED) is 0.640. The normalized spacial score (nSPS) is 23.5. The molecule has 1 rings (SSSR count). The number of rotatable bonds is 5. The minimum absolute atomic E-state index is 0.426. The van der Waals surface area contributed by atoms with Gasteiger partial charge in [-0.05, 0) is 19.3 Å². The van der Waals surface area contributed by atoms with E-state index in [0.717, 1.165) is 6.61 Å². The van der Waals surface area contributed by atoms with E-state index in [4.69, 9.17) is 4.74 Å². The minimum Gasteiger partial charge on any atom is -0.374 e. The monoisotopic (exact) mass is 226 g/mol. The van der Waals surface area contributed by atoms with Gasteiger partial charge in [-0.1, -0.05) is 50.7 Å². The molecule has 0 aromatic carbocycles.